The van der Waals surface area contributed by atoms with Gasteiger partial charge in [0, 0.05) is 5.57 Å². The zero-order chi connectivity index (χ0) is 10.3. The Morgan fingerprint density at radius 1 is 1.23 bits per heavy atom. The van der Waals surface area contributed by atoms with E-state index in [1.807, 2.05) is 13.8 Å². The maximum atomic E-state index is 11.1. The van der Waals surface area contributed by atoms with Crippen LogP contribution < -0.4 is 11.5 Å². The van der Waals surface area contributed by atoms with E-state index < -0.39 is 0 Å². The first kappa shape index (κ1) is 12.2. The van der Waals surface area contributed by atoms with E-state index in [0.29, 0.717) is 6.54 Å². The highest BCUT2D eigenvalue weighted by atomic mass is 16.1. The topological polar surface area (TPSA) is 69.1 Å². The molecule has 0 spiro atoms. The van der Waals surface area contributed by atoms with Crippen molar-refractivity contribution in [2.45, 2.75) is 39.5 Å². The SMILES string of the molecule is CCC(CC)=C(CCCN)C(N)=O. The molecule has 0 fully saturated rings. The Bertz CT molecular complexity index is 191. The second kappa shape index (κ2) is 6.66. The highest BCUT2D eigenvalue weighted by Gasteiger charge is 2.08. The fourth-order valence-electron chi connectivity index (χ4n) is 1.43. The molecule has 3 heteroatoms. The Kier molecular flexibility index (Phi) is 6.24. The van der Waals surface area contributed by atoms with E-state index in [2.05, 4.69) is 0 Å². The van der Waals surface area contributed by atoms with Gasteiger partial charge in [-0.1, -0.05) is 19.4 Å². The zero-order valence-corrected chi connectivity index (χ0v) is 8.60. The predicted molar refractivity (Wildman–Crippen MR) is 55.1 cm³/mol. The largest absolute Gasteiger partial charge is 0.366 e. The van der Waals surface area contributed by atoms with Crippen molar-refractivity contribution in [1.82, 2.24) is 0 Å². The van der Waals surface area contributed by atoms with Gasteiger partial charge in [0.15, 0.2) is 0 Å². The molecule has 13 heavy (non-hydrogen) atoms. The molecule has 0 rings (SSSR count). The van der Waals surface area contributed by atoms with Crippen LogP contribution >= 0.6 is 0 Å². The van der Waals surface area contributed by atoms with Crippen LogP contribution in [0.3, 0.4) is 0 Å². The number of hydrogen-bond acceptors (Lipinski definition) is 2. The molecule has 0 aliphatic carbocycles. The van der Waals surface area contributed by atoms with E-state index in [-0.39, 0.29) is 5.91 Å². The number of amides is 1. The quantitative estimate of drug-likeness (QED) is 0.611. The minimum Gasteiger partial charge on any atom is -0.366 e. The number of carbonyl (C=O) groups excluding carboxylic acids is 1. The van der Waals surface area contributed by atoms with Crippen LogP contribution in [0, 0.1) is 0 Å². The van der Waals surface area contributed by atoms with Gasteiger partial charge in [0.25, 0.3) is 0 Å². The van der Waals surface area contributed by atoms with Crippen molar-refractivity contribution in [3.63, 3.8) is 0 Å². The average Bonchev–Trinajstić information content (AvgIpc) is 2.11. The maximum Gasteiger partial charge on any atom is 0.244 e. The van der Waals surface area contributed by atoms with Crippen molar-refractivity contribution in [1.29, 1.82) is 0 Å². The molecule has 0 atom stereocenters. The van der Waals surface area contributed by atoms with E-state index in [1.54, 1.807) is 0 Å². The lowest BCUT2D eigenvalue weighted by Crippen LogP contribution is -2.17. The van der Waals surface area contributed by atoms with Crippen LogP contribution in [-0.2, 0) is 4.79 Å². The van der Waals surface area contributed by atoms with Gasteiger partial charge in [-0.2, -0.15) is 0 Å². The van der Waals surface area contributed by atoms with Crippen molar-refractivity contribution in [2.75, 3.05) is 6.54 Å². The fraction of sp³-hybridized carbons (Fsp3) is 0.700. The molecule has 0 saturated heterocycles. The maximum absolute atomic E-state index is 11.1. The van der Waals surface area contributed by atoms with Crippen LogP contribution in [0.1, 0.15) is 39.5 Å². The standard InChI is InChI=1S/C10H20N2O/c1-3-8(4-2)9(10(12)13)6-5-7-11/h3-7,11H2,1-2H3,(H2,12,13). The number of carbonyl (C=O) groups is 1. The first-order valence-electron chi connectivity index (χ1n) is 4.88. The van der Waals surface area contributed by atoms with Crippen LogP contribution in [0.4, 0.5) is 0 Å². The van der Waals surface area contributed by atoms with Gasteiger partial charge in [-0.3, -0.25) is 4.79 Å². The average molecular weight is 184 g/mol. The van der Waals surface area contributed by atoms with Crippen molar-refractivity contribution in [3.05, 3.63) is 11.1 Å². The van der Waals surface area contributed by atoms with E-state index in [4.69, 9.17) is 11.5 Å². The highest BCUT2D eigenvalue weighted by molar-refractivity contribution is 5.92. The molecule has 0 aromatic carbocycles. The normalized spacial score (nSPS) is 9.77. The second-order valence-corrected chi connectivity index (χ2v) is 3.05. The van der Waals surface area contributed by atoms with E-state index in [0.717, 1.165) is 31.3 Å². The third-order valence-corrected chi connectivity index (χ3v) is 2.21. The molecule has 0 aromatic heterocycles. The molecular weight excluding hydrogens is 164 g/mol. The lowest BCUT2D eigenvalue weighted by atomic mass is 9.99. The summed E-state index contributed by atoms with van der Waals surface area (Å²) in [6.07, 6.45) is 3.36. The Hall–Kier alpha value is -0.830. The number of nitrogens with two attached hydrogens (primary N) is 2. The van der Waals surface area contributed by atoms with Gasteiger partial charge in [-0.15, -0.1) is 0 Å². The van der Waals surface area contributed by atoms with Gasteiger partial charge < -0.3 is 11.5 Å². The molecule has 1 amide bonds. The van der Waals surface area contributed by atoms with Gasteiger partial charge in [0.05, 0.1) is 0 Å². The summed E-state index contributed by atoms with van der Waals surface area (Å²) in [5.74, 6) is -0.285. The number of rotatable bonds is 6. The molecule has 0 aliphatic heterocycles. The summed E-state index contributed by atoms with van der Waals surface area (Å²) in [5, 5.41) is 0. The van der Waals surface area contributed by atoms with Crippen LogP contribution in [0.5, 0.6) is 0 Å². The first-order valence-corrected chi connectivity index (χ1v) is 4.88. The molecule has 0 saturated carbocycles. The number of allylic oxidation sites excluding steroid dienone is 1. The summed E-state index contributed by atoms with van der Waals surface area (Å²) in [6.45, 7) is 4.70. The Morgan fingerprint density at radius 3 is 2.08 bits per heavy atom. The molecule has 0 bridgehead atoms. The van der Waals surface area contributed by atoms with Crippen LogP contribution in [0.25, 0.3) is 0 Å². The zero-order valence-electron chi connectivity index (χ0n) is 8.60. The Balaban J connectivity index is 4.54. The van der Waals surface area contributed by atoms with E-state index >= 15 is 0 Å². The van der Waals surface area contributed by atoms with Crippen molar-refractivity contribution < 1.29 is 4.79 Å². The molecule has 4 N–H and O–H groups in total. The summed E-state index contributed by atoms with van der Waals surface area (Å²) in [7, 11) is 0. The van der Waals surface area contributed by atoms with Crippen LogP contribution in [0.15, 0.2) is 11.1 Å². The van der Waals surface area contributed by atoms with Crippen molar-refractivity contribution in [2.24, 2.45) is 11.5 Å². The summed E-state index contributed by atoms with van der Waals surface area (Å²) in [6, 6.07) is 0. The number of hydrogen-bond donors (Lipinski definition) is 2. The van der Waals surface area contributed by atoms with Gasteiger partial charge in [0.1, 0.15) is 0 Å². The molecule has 3 nitrogen and oxygen atoms in total. The Labute approximate surface area is 80.2 Å². The van der Waals surface area contributed by atoms with E-state index in [1.165, 1.54) is 5.57 Å². The summed E-state index contributed by atoms with van der Waals surface area (Å²) in [5.41, 5.74) is 12.6. The fourth-order valence-corrected chi connectivity index (χ4v) is 1.43. The van der Waals surface area contributed by atoms with E-state index in [9.17, 15) is 4.79 Å². The predicted octanol–water partition coefficient (Wildman–Crippen LogP) is 1.33. The molecular formula is C10H20N2O. The lowest BCUT2D eigenvalue weighted by Gasteiger charge is -2.08. The van der Waals surface area contributed by atoms with Crippen LogP contribution in [-0.4, -0.2) is 12.5 Å². The highest BCUT2D eigenvalue weighted by Crippen LogP contribution is 2.16. The van der Waals surface area contributed by atoms with Gasteiger partial charge in [0.2, 0.25) is 5.91 Å². The molecule has 0 radical (unpaired) electrons. The molecule has 0 aliphatic rings. The molecule has 0 unspecified atom stereocenters. The lowest BCUT2D eigenvalue weighted by molar-refractivity contribution is -0.114. The van der Waals surface area contributed by atoms with Gasteiger partial charge in [-0.25, -0.2) is 0 Å². The third kappa shape index (κ3) is 4.08. The summed E-state index contributed by atoms with van der Waals surface area (Å²) in [4.78, 5) is 11.1. The van der Waals surface area contributed by atoms with Crippen molar-refractivity contribution in [3.8, 4) is 0 Å². The minimum atomic E-state index is -0.285. The number of primary amides is 1. The first-order chi connectivity index (χ1) is 6.17. The van der Waals surface area contributed by atoms with Gasteiger partial charge in [-0.05, 0) is 32.2 Å². The Morgan fingerprint density at radius 2 is 1.77 bits per heavy atom. The summed E-state index contributed by atoms with van der Waals surface area (Å²) < 4.78 is 0. The van der Waals surface area contributed by atoms with Gasteiger partial charge >= 0.3 is 0 Å². The third-order valence-electron chi connectivity index (χ3n) is 2.21. The van der Waals surface area contributed by atoms with Crippen LogP contribution in [0.2, 0.25) is 0 Å². The summed E-state index contributed by atoms with van der Waals surface area (Å²) >= 11 is 0. The van der Waals surface area contributed by atoms with Crippen molar-refractivity contribution >= 4 is 5.91 Å². The molecule has 76 valence electrons. The molecule has 0 heterocycles. The minimum absolute atomic E-state index is 0.285. The smallest absolute Gasteiger partial charge is 0.244 e. The second-order valence-electron chi connectivity index (χ2n) is 3.05. The monoisotopic (exact) mass is 184 g/mol. The molecule has 0 aromatic rings.